The lowest BCUT2D eigenvalue weighted by molar-refractivity contribution is 0.0681. The molecular formula is C18H18N2O2S. The van der Waals surface area contributed by atoms with E-state index in [0.717, 1.165) is 5.56 Å². The first-order valence-corrected chi connectivity index (χ1v) is 7.62. The van der Waals surface area contributed by atoms with Gasteiger partial charge in [-0.2, -0.15) is 0 Å². The van der Waals surface area contributed by atoms with Gasteiger partial charge in [-0.15, -0.1) is 0 Å². The van der Waals surface area contributed by atoms with Crippen LogP contribution < -0.4 is 0 Å². The number of aliphatic hydroxyl groups excluding tert-OH is 1. The molecule has 0 radical (unpaired) electrons. The van der Waals surface area contributed by atoms with Crippen molar-refractivity contribution in [2.24, 2.45) is 0 Å². The fourth-order valence-electron chi connectivity index (χ4n) is 2.26. The van der Waals surface area contributed by atoms with Gasteiger partial charge >= 0.3 is 0 Å². The molecule has 0 unspecified atom stereocenters. The summed E-state index contributed by atoms with van der Waals surface area (Å²) >= 11 is 3.83. The van der Waals surface area contributed by atoms with E-state index < -0.39 is 6.10 Å². The minimum atomic E-state index is -0.625. The second-order valence-corrected chi connectivity index (χ2v) is 5.45. The molecule has 4 nitrogen and oxygen atoms in total. The van der Waals surface area contributed by atoms with E-state index in [0.29, 0.717) is 17.5 Å². The molecule has 2 rings (SSSR count). The van der Waals surface area contributed by atoms with Crippen molar-refractivity contribution in [1.82, 2.24) is 9.88 Å². The van der Waals surface area contributed by atoms with Crippen molar-refractivity contribution in [3.8, 4) is 11.2 Å². The number of hydrogen-bond acceptors (Lipinski definition) is 4. The molecule has 0 bridgehead atoms. The molecule has 0 spiro atoms. The number of aromatic nitrogens is 1. The first-order valence-electron chi connectivity index (χ1n) is 7.17. The number of carbonyl (C=O) groups excluding carboxylic acids is 1. The lowest BCUT2D eigenvalue weighted by atomic mass is 10.1. The predicted molar refractivity (Wildman–Crippen MR) is 93.2 cm³/mol. The molecule has 1 heterocycles. The van der Waals surface area contributed by atoms with E-state index in [1.165, 1.54) is 11.1 Å². The van der Waals surface area contributed by atoms with Crippen LogP contribution in [0.15, 0.2) is 48.8 Å². The summed E-state index contributed by atoms with van der Waals surface area (Å²) in [4.78, 5) is 17.9. The van der Waals surface area contributed by atoms with Gasteiger partial charge in [-0.1, -0.05) is 48.9 Å². The molecule has 0 saturated carbocycles. The maximum Gasteiger partial charge on any atom is 0.255 e. The molecule has 1 aromatic carbocycles. The van der Waals surface area contributed by atoms with Gasteiger partial charge in [-0.25, -0.2) is 0 Å². The maximum atomic E-state index is 12.4. The summed E-state index contributed by atoms with van der Waals surface area (Å²) in [7, 11) is 1.66. The lowest BCUT2D eigenvalue weighted by Gasteiger charge is -2.21. The van der Waals surface area contributed by atoms with Gasteiger partial charge in [0.15, 0.2) is 0 Å². The highest BCUT2D eigenvalue weighted by molar-refractivity contribution is 7.85. The molecule has 1 aromatic heterocycles. The third kappa shape index (κ3) is 5.13. The number of benzene rings is 1. The Labute approximate surface area is 141 Å². The van der Waals surface area contributed by atoms with Crippen LogP contribution in [-0.4, -0.2) is 40.6 Å². The zero-order valence-electron chi connectivity index (χ0n) is 12.8. The van der Waals surface area contributed by atoms with Crippen molar-refractivity contribution < 1.29 is 9.90 Å². The van der Waals surface area contributed by atoms with Crippen LogP contribution in [0.1, 0.15) is 21.5 Å². The number of carbonyl (C=O) groups is 1. The van der Waals surface area contributed by atoms with Crippen molar-refractivity contribution in [1.29, 1.82) is 0 Å². The number of hydrogen-bond donors (Lipinski definition) is 2. The number of likely N-dealkylation sites (N-methyl/N-ethyl adjacent to an activating group) is 1. The second kappa shape index (κ2) is 8.37. The van der Waals surface area contributed by atoms with Gasteiger partial charge in [-0.3, -0.25) is 9.78 Å². The Morgan fingerprint density at radius 2 is 2.09 bits per heavy atom. The molecule has 1 amide bonds. The van der Waals surface area contributed by atoms with E-state index in [1.54, 1.807) is 19.3 Å². The van der Waals surface area contributed by atoms with Crippen LogP contribution in [-0.2, 0) is 6.42 Å². The summed E-state index contributed by atoms with van der Waals surface area (Å²) in [5.74, 6) is 2.55. The molecule has 1 N–H and O–H groups in total. The average Bonchev–Trinajstić information content (AvgIpc) is 2.55. The van der Waals surface area contributed by atoms with Crippen LogP contribution in [0, 0.1) is 11.2 Å². The van der Waals surface area contributed by atoms with Crippen molar-refractivity contribution in [2.45, 2.75) is 12.5 Å². The van der Waals surface area contributed by atoms with Crippen LogP contribution in [0.2, 0.25) is 0 Å². The quantitative estimate of drug-likeness (QED) is 0.653. The Morgan fingerprint density at radius 3 is 2.78 bits per heavy atom. The van der Waals surface area contributed by atoms with E-state index in [1.807, 2.05) is 30.3 Å². The molecule has 0 saturated heterocycles. The maximum absolute atomic E-state index is 12.4. The Bertz CT molecular complexity index is 723. The van der Waals surface area contributed by atoms with Gasteiger partial charge < -0.3 is 10.0 Å². The first-order chi connectivity index (χ1) is 11.1. The summed E-state index contributed by atoms with van der Waals surface area (Å²) < 4.78 is 0. The van der Waals surface area contributed by atoms with E-state index in [9.17, 15) is 9.90 Å². The summed E-state index contributed by atoms with van der Waals surface area (Å²) in [5, 5.41) is 12.6. The monoisotopic (exact) mass is 326 g/mol. The molecule has 0 aliphatic heterocycles. The van der Waals surface area contributed by atoms with Crippen LogP contribution in [0.5, 0.6) is 0 Å². The highest BCUT2D eigenvalue weighted by Crippen LogP contribution is 2.08. The van der Waals surface area contributed by atoms with Crippen LogP contribution >= 0.6 is 12.6 Å². The van der Waals surface area contributed by atoms with Gasteiger partial charge in [0, 0.05) is 38.0 Å². The highest BCUT2D eigenvalue weighted by atomic mass is 32.1. The molecule has 0 fully saturated rings. The number of aliphatic hydroxyl groups is 1. The summed E-state index contributed by atoms with van der Waals surface area (Å²) in [6.45, 7) is 0.246. The molecular weight excluding hydrogens is 308 g/mol. The summed E-state index contributed by atoms with van der Waals surface area (Å²) in [6.07, 6.45) is 2.94. The smallest absolute Gasteiger partial charge is 0.255 e. The van der Waals surface area contributed by atoms with E-state index in [-0.39, 0.29) is 12.5 Å². The SMILES string of the molecule is CN(C[C@@H](O)Cc1ccccc1)C(=O)c1cncc(C#CS)c1. The highest BCUT2D eigenvalue weighted by Gasteiger charge is 2.16. The lowest BCUT2D eigenvalue weighted by Crippen LogP contribution is -2.35. The third-order valence-electron chi connectivity index (χ3n) is 3.33. The molecule has 0 aliphatic rings. The number of rotatable bonds is 5. The van der Waals surface area contributed by atoms with Crippen molar-refractivity contribution in [2.75, 3.05) is 13.6 Å². The van der Waals surface area contributed by atoms with Crippen molar-refractivity contribution in [3.63, 3.8) is 0 Å². The molecule has 2 aromatic rings. The third-order valence-corrected chi connectivity index (χ3v) is 3.44. The Morgan fingerprint density at radius 1 is 1.35 bits per heavy atom. The topological polar surface area (TPSA) is 53.4 Å². The number of thiol groups is 1. The van der Waals surface area contributed by atoms with Crippen molar-refractivity contribution >= 4 is 18.5 Å². The number of amides is 1. The number of nitrogens with zero attached hydrogens (tertiary/aromatic N) is 2. The van der Waals surface area contributed by atoms with Gasteiger partial charge in [0.05, 0.1) is 11.7 Å². The van der Waals surface area contributed by atoms with E-state index in [2.05, 4.69) is 28.8 Å². The zero-order valence-corrected chi connectivity index (χ0v) is 13.7. The van der Waals surface area contributed by atoms with E-state index in [4.69, 9.17) is 0 Å². The molecule has 118 valence electrons. The second-order valence-electron chi connectivity index (χ2n) is 5.23. The fraction of sp³-hybridized carbons (Fsp3) is 0.222. The Balaban J connectivity index is 1.99. The van der Waals surface area contributed by atoms with Crippen LogP contribution in [0.4, 0.5) is 0 Å². The number of pyridine rings is 1. The molecule has 1 atom stereocenters. The Hall–Kier alpha value is -2.29. The Kier molecular flexibility index (Phi) is 6.21. The van der Waals surface area contributed by atoms with Gasteiger partial charge in [0.1, 0.15) is 0 Å². The summed E-state index contributed by atoms with van der Waals surface area (Å²) in [5.41, 5.74) is 2.10. The van der Waals surface area contributed by atoms with Crippen LogP contribution in [0.25, 0.3) is 0 Å². The molecule has 23 heavy (non-hydrogen) atoms. The summed E-state index contributed by atoms with van der Waals surface area (Å²) in [6, 6.07) is 11.4. The predicted octanol–water partition coefficient (Wildman–Crippen LogP) is 2.00. The minimum absolute atomic E-state index is 0.201. The minimum Gasteiger partial charge on any atom is -0.391 e. The molecule has 5 heteroatoms. The average molecular weight is 326 g/mol. The fourth-order valence-corrected chi connectivity index (χ4v) is 2.39. The normalized spacial score (nSPS) is 11.3. The van der Waals surface area contributed by atoms with Gasteiger partial charge in [0.25, 0.3) is 5.91 Å². The standard InChI is InChI=1S/C18H18N2O2S/c1-20(13-17(21)10-14-5-3-2-4-6-14)18(22)16-9-15(7-8-23)11-19-12-16/h2-6,9,11-12,17,21,23H,10,13H2,1H3/t17-/m0/s1. The van der Waals surface area contributed by atoms with Gasteiger partial charge in [-0.05, 0) is 16.9 Å². The van der Waals surface area contributed by atoms with E-state index >= 15 is 0 Å². The zero-order chi connectivity index (χ0) is 16.7. The van der Waals surface area contributed by atoms with Crippen molar-refractivity contribution in [3.05, 3.63) is 65.5 Å². The molecule has 0 aliphatic carbocycles. The first kappa shape index (κ1) is 17.1. The van der Waals surface area contributed by atoms with Gasteiger partial charge in [0.2, 0.25) is 0 Å². The largest absolute Gasteiger partial charge is 0.391 e. The van der Waals surface area contributed by atoms with Crippen LogP contribution in [0.3, 0.4) is 0 Å².